The van der Waals surface area contributed by atoms with Gasteiger partial charge in [-0.3, -0.25) is 4.40 Å². The van der Waals surface area contributed by atoms with Gasteiger partial charge in [0.05, 0.1) is 6.61 Å². The number of nitrogens with zero attached hydrogens (tertiary/aromatic N) is 2. The molecule has 3 aromatic rings. The number of fused-ring (bicyclic) bond motifs is 1. The highest BCUT2D eigenvalue weighted by atomic mass is 32.1. The zero-order valence-corrected chi connectivity index (χ0v) is 20.8. The van der Waals surface area contributed by atoms with Crippen molar-refractivity contribution in [3.05, 3.63) is 53.0 Å². The Kier molecular flexibility index (Phi) is 10.0. The molecule has 0 fully saturated rings. The Morgan fingerprint density at radius 1 is 1.06 bits per heavy atom. The first-order valence-electron chi connectivity index (χ1n) is 12.5. The van der Waals surface area contributed by atoms with Gasteiger partial charge in [0.1, 0.15) is 11.6 Å². The Morgan fingerprint density at radius 2 is 1.88 bits per heavy atom. The molecule has 5 heteroatoms. The minimum absolute atomic E-state index is 0.136. The molecule has 0 radical (unpaired) electrons. The molecule has 0 N–H and O–H groups in total. The van der Waals surface area contributed by atoms with Crippen LogP contribution >= 0.6 is 11.3 Å². The van der Waals surface area contributed by atoms with Crippen molar-refractivity contribution < 1.29 is 9.13 Å². The van der Waals surface area contributed by atoms with Crippen molar-refractivity contribution in [2.75, 3.05) is 6.61 Å². The number of unbranched alkanes of at least 4 members (excludes halogenated alkanes) is 5. The standard InChI is InChI=1S/C27H39FN2OS/c1-4-6-7-8-9-10-18-31-23-14-15-24(25(28)19-23)21(3)12-11-13-22(5-2)26-20-32-27-29-16-17-30(26)27/h14-17,19-22H,4-13,18H2,1-3H3. The van der Waals surface area contributed by atoms with E-state index in [-0.39, 0.29) is 11.7 Å². The lowest BCUT2D eigenvalue weighted by Crippen LogP contribution is -2.04. The third kappa shape index (κ3) is 6.81. The molecule has 32 heavy (non-hydrogen) atoms. The molecule has 176 valence electrons. The first-order chi connectivity index (χ1) is 15.6. The summed E-state index contributed by atoms with van der Waals surface area (Å²) in [6.07, 6.45) is 15.6. The maximum absolute atomic E-state index is 14.7. The van der Waals surface area contributed by atoms with Crippen LogP contribution in [0.25, 0.3) is 4.96 Å². The molecule has 0 saturated carbocycles. The fourth-order valence-corrected chi connectivity index (χ4v) is 5.43. The predicted octanol–water partition coefficient (Wildman–Crippen LogP) is 8.74. The molecule has 0 aliphatic rings. The molecular formula is C27H39FN2OS. The van der Waals surface area contributed by atoms with Crippen molar-refractivity contribution in [1.82, 2.24) is 9.38 Å². The first kappa shape index (κ1) is 24.8. The highest BCUT2D eigenvalue weighted by Crippen LogP contribution is 2.32. The number of ether oxygens (including phenoxy) is 1. The molecule has 0 saturated heterocycles. The molecule has 0 bridgehead atoms. The highest BCUT2D eigenvalue weighted by molar-refractivity contribution is 7.15. The van der Waals surface area contributed by atoms with Crippen molar-refractivity contribution in [3.63, 3.8) is 0 Å². The second-order valence-electron chi connectivity index (χ2n) is 8.98. The van der Waals surface area contributed by atoms with Gasteiger partial charge in [0.25, 0.3) is 0 Å². The summed E-state index contributed by atoms with van der Waals surface area (Å²) in [4.78, 5) is 5.45. The summed E-state index contributed by atoms with van der Waals surface area (Å²) in [5.41, 5.74) is 2.16. The minimum atomic E-state index is -0.136. The molecule has 0 spiro atoms. The van der Waals surface area contributed by atoms with E-state index in [9.17, 15) is 4.39 Å². The van der Waals surface area contributed by atoms with Gasteiger partial charge in [0.15, 0.2) is 4.96 Å². The van der Waals surface area contributed by atoms with E-state index in [0.717, 1.165) is 42.6 Å². The molecule has 2 unspecified atom stereocenters. The van der Waals surface area contributed by atoms with Crippen molar-refractivity contribution in [2.24, 2.45) is 0 Å². The molecule has 1 aromatic carbocycles. The van der Waals surface area contributed by atoms with Crippen LogP contribution in [0.2, 0.25) is 0 Å². The van der Waals surface area contributed by atoms with E-state index in [4.69, 9.17) is 4.74 Å². The average Bonchev–Trinajstić information content (AvgIpc) is 3.40. The number of benzene rings is 1. The Morgan fingerprint density at radius 3 is 2.66 bits per heavy atom. The molecule has 0 aliphatic heterocycles. The fourth-order valence-electron chi connectivity index (χ4n) is 4.49. The Labute approximate surface area is 197 Å². The van der Waals surface area contributed by atoms with Gasteiger partial charge in [0.2, 0.25) is 0 Å². The zero-order chi connectivity index (χ0) is 22.8. The lowest BCUT2D eigenvalue weighted by atomic mass is 9.90. The number of halogens is 1. The number of hydrogen-bond donors (Lipinski definition) is 0. The minimum Gasteiger partial charge on any atom is -0.493 e. The third-order valence-electron chi connectivity index (χ3n) is 6.54. The quantitative estimate of drug-likeness (QED) is 0.213. The van der Waals surface area contributed by atoms with Gasteiger partial charge >= 0.3 is 0 Å². The smallest absolute Gasteiger partial charge is 0.193 e. The molecule has 2 aromatic heterocycles. The van der Waals surface area contributed by atoms with Crippen LogP contribution < -0.4 is 4.74 Å². The summed E-state index contributed by atoms with van der Waals surface area (Å²) in [6.45, 7) is 7.28. The fraction of sp³-hybridized carbons (Fsp3) is 0.593. The van der Waals surface area contributed by atoms with E-state index in [1.165, 1.54) is 37.8 Å². The summed E-state index contributed by atoms with van der Waals surface area (Å²) in [5.74, 6) is 1.24. The van der Waals surface area contributed by atoms with Gasteiger partial charge in [-0.1, -0.05) is 65.4 Å². The van der Waals surface area contributed by atoms with Gasteiger partial charge in [-0.05, 0) is 43.2 Å². The van der Waals surface area contributed by atoms with Crippen LogP contribution in [-0.4, -0.2) is 16.0 Å². The van der Waals surface area contributed by atoms with Gasteiger partial charge < -0.3 is 4.74 Å². The predicted molar refractivity (Wildman–Crippen MR) is 134 cm³/mol. The molecule has 2 atom stereocenters. The van der Waals surface area contributed by atoms with E-state index >= 15 is 0 Å². The molecular weight excluding hydrogens is 419 g/mol. The summed E-state index contributed by atoms with van der Waals surface area (Å²) < 4.78 is 22.7. The average molecular weight is 459 g/mol. The van der Waals surface area contributed by atoms with E-state index < -0.39 is 0 Å². The van der Waals surface area contributed by atoms with E-state index in [2.05, 4.69) is 41.7 Å². The van der Waals surface area contributed by atoms with E-state index in [1.54, 1.807) is 17.4 Å². The van der Waals surface area contributed by atoms with Crippen molar-refractivity contribution in [1.29, 1.82) is 0 Å². The van der Waals surface area contributed by atoms with Crippen molar-refractivity contribution in [2.45, 2.75) is 96.8 Å². The van der Waals surface area contributed by atoms with Crippen LogP contribution in [0.15, 0.2) is 36.0 Å². The summed E-state index contributed by atoms with van der Waals surface area (Å²) in [5, 5.41) is 2.24. The maximum Gasteiger partial charge on any atom is 0.193 e. The molecule has 3 nitrogen and oxygen atoms in total. The van der Waals surface area contributed by atoms with Crippen LogP contribution in [-0.2, 0) is 0 Å². The van der Waals surface area contributed by atoms with E-state index in [0.29, 0.717) is 18.3 Å². The zero-order valence-electron chi connectivity index (χ0n) is 20.0. The largest absolute Gasteiger partial charge is 0.493 e. The number of rotatable bonds is 15. The van der Waals surface area contributed by atoms with Crippen LogP contribution in [0.3, 0.4) is 0 Å². The van der Waals surface area contributed by atoms with Crippen molar-refractivity contribution >= 4 is 16.3 Å². The lowest BCUT2D eigenvalue weighted by Gasteiger charge is -2.17. The highest BCUT2D eigenvalue weighted by Gasteiger charge is 2.17. The third-order valence-corrected chi connectivity index (χ3v) is 7.41. The van der Waals surface area contributed by atoms with Gasteiger partial charge in [0, 0.05) is 35.5 Å². The normalized spacial score (nSPS) is 13.5. The second kappa shape index (κ2) is 13.0. The van der Waals surface area contributed by atoms with Gasteiger partial charge in [-0.15, -0.1) is 11.3 Å². The first-order valence-corrected chi connectivity index (χ1v) is 13.3. The Hall–Kier alpha value is -1.88. The molecule has 3 rings (SSSR count). The van der Waals surface area contributed by atoms with Crippen LogP contribution in [0.4, 0.5) is 4.39 Å². The van der Waals surface area contributed by atoms with Crippen LogP contribution in [0.5, 0.6) is 5.75 Å². The molecule has 2 heterocycles. The van der Waals surface area contributed by atoms with Crippen LogP contribution in [0.1, 0.15) is 108 Å². The SMILES string of the molecule is CCCCCCCCOc1ccc(C(C)CCCC(CC)c2csc3nccn23)c(F)c1. The van der Waals surface area contributed by atoms with Gasteiger partial charge in [-0.25, -0.2) is 9.37 Å². The second-order valence-corrected chi connectivity index (χ2v) is 9.81. The Bertz CT molecular complexity index is 935. The maximum atomic E-state index is 14.7. The number of aromatic nitrogens is 2. The lowest BCUT2D eigenvalue weighted by molar-refractivity contribution is 0.302. The molecule has 0 amide bonds. The number of thiazole rings is 1. The van der Waals surface area contributed by atoms with Gasteiger partial charge in [-0.2, -0.15) is 0 Å². The number of imidazole rings is 1. The Balaban J connectivity index is 1.43. The number of hydrogen-bond acceptors (Lipinski definition) is 3. The molecule has 0 aliphatic carbocycles. The topological polar surface area (TPSA) is 26.5 Å². The van der Waals surface area contributed by atoms with Crippen molar-refractivity contribution in [3.8, 4) is 5.75 Å². The summed E-state index contributed by atoms with van der Waals surface area (Å²) in [6, 6.07) is 5.42. The summed E-state index contributed by atoms with van der Waals surface area (Å²) in [7, 11) is 0. The van der Waals surface area contributed by atoms with E-state index in [1.807, 2.05) is 18.3 Å². The summed E-state index contributed by atoms with van der Waals surface area (Å²) >= 11 is 1.71. The van der Waals surface area contributed by atoms with Crippen LogP contribution in [0, 0.1) is 5.82 Å². The monoisotopic (exact) mass is 458 g/mol.